The SMILES string of the molecule is NC(=O)NC(CS)C(=O)CCCCCC(=O)O. The Morgan fingerprint density at radius 1 is 1.18 bits per heavy atom. The van der Waals surface area contributed by atoms with E-state index in [1.54, 1.807) is 0 Å². The van der Waals surface area contributed by atoms with Crippen LogP contribution < -0.4 is 11.1 Å². The highest BCUT2D eigenvalue weighted by molar-refractivity contribution is 7.80. The van der Waals surface area contributed by atoms with Gasteiger partial charge >= 0.3 is 12.0 Å². The van der Waals surface area contributed by atoms with Crippen molar-refractivity contribution in [2.24, 2.45) is 5.73 Å². The molecule has 0 aromatic carbocycles. The van der Waals surface area contributed by atoms with Gasteiger partial charge in [0.25, 0.3) is 0 Å². The molecule has 4 N–H and O–H groups in total. The third-order valence-electron chi connectivity index (χ3n) is 2.20. The number of carboxylic acid groups (broad SMARTS) is 1. The van der Waals surface area contributed by atoms with Gasteiger partial charge in [0.05, 0.1) is 6.04 Å². The Morgan fingerprint density at radius 3 is 2.24 bits per heavy atom. The zero-order valence-corrected chi connectivity index (χ0v) is 10.4. The van der Waals surface area contributed by atoms with Crippen LogP contribution in [0.2, 0.25) is 0 Å². The second-order valence-corrected chi connectivity index (χ2v) is 4.03. The van der Waals surface area contributed by atoms with Crippen LogP contribution in [0.3, 0.4) is 0 Å². The van der Waals surface area contributed by atoms with Crippen molar-refractivity contribution in [3.63, 3.8) is 0 Å². The van der Waals surface area contributed by atoms with E-state index >= 15 is 0 Å². The lowest BCUT2D eigenvalue weighted by Gasteiger charge is -2.13. The molecule has 0 bridgehead atoms. The van der Waals surface area contributed by atoms with E-state index in [2.05, 4.69) is 17.9 Å². The van der Waals surface area contributed by atoms with Crippen LogP contribution in [0.4, 0.5) is 4.79 Å². The fraction of sp³-hybridized carbons (Fsp3) is 0.700. The van der Waals surface area contributed by atoms with Gasteiger partial charge in [-0.2, -0.15) is 12.6 Å². The zero-order chi connectivity index (χ0) is 13.3. The van der Waals surface area contributed by atoms with Gasteiger partial charge in [0.15, 0.2) is 5.78 Å². The second kappa shape index (κ2) is 8.86. The first-order valence-electron chi connectivity index (χ1n) is 5.38. The Labute approximate surface area is 105 Å². The molecule has 1 atom stereocenters. The number of thiol groups is 1. The molecular weight excluding hydrogens is 244 g/mol. The Hall–Kier alpha value is -1.24. The van der Waals surface area contributed by atoms with Crippen molar-refractivity contribution in [2.75, 3.05) is 5.75 Å². The van der Waals surface area contributed by atoms with Gasteiger partial charge in [-0.3, -0.25) is 9.59 Å². The molecule has 1 unspecified atom stereocenters. The minimum Gasteiger partial charge on any atom is -0.481 e. The van der Waals surface area contributed by atoms with Gasteiger partial charge < -0.3 is 16.2 Å². The largest absolute Gasteiger partial charge is 0.481 e. The highest BCUT2D eigenvalue weighted by atomic mass is 32.1. The van der Waals surface area contributed by atoms with Gasteiger partial charge in [-0.1, -0.05) is 6.42 Å². The van der Waals surface area contributed by atoms with Crippen LogP contribution in [-0.4, -0.2) is 34.7 Å². The summed E-state index contributed by atoms with van der Waals surface area (Å²) >= 11 is 3.95. The molecule has 0 rings (SSSR count). The molecule has 0 spiro atoms. The fourth-order valence-corrected chi connectivity index (χ4v) is 1.62. The smallest absolute Gasteiger partial charge is 0.312 e. The standard InChI is InChI=1S/C10H18N2O4S/c11-10(16)12-7(6-17)8(13)4-2-1-3-5-9(14)15/h7,17H,1-6H2,(H,14,15)(H3,11,12,16). The minimum atomic E-state index is -0.833. The normalized spacial score (nSPS) is 11.8. The van der Waals surface area contributed by atoms with E-state index in [9.17, 15) is 14.4 Å². The van der Waals surface area contributed by atoms with Crippen LogP contribution in [0.25, 0.3) is 0 Å². The molecule has 6 nitrogen and oxygen atoms in total. The first-order valence-corrected chi connectivity index (χ1v) is 6.02. The molecule has 2 amide bonds. The average Bonchev–Trinajstić information content (AvgIpc) is 2.24. The maximum absolute atomic E-state index is 11.6. The number of amides is 2. The van der Waals surface area contributed by atoms with E-state index < -0.39 is 18.0 Å². The van der Waals surface area contributed by atoms with E-state index in [0.29, 0.717) is 25.7 Å². The number of carbonyl (C=O) groups is 3. The molecular formula is C10H18N2O4S. The summed E-state index contributed by atoms with van der Waals surface area (Å²) in [6.07, 6.45) is 2.25. The number of rotatable bonds is 9. The lowest BCUT2D eigenvalue weighted by Crippen LogP contribution is -2.44. The monoisotopic (exact) mass is 262 g/mol. The summed E-state index contributed by atoms with van der Waals surface area (Å²) in [6, 6.07) is -1.40. The van der Waals surface area contributed by atoms with Gasteiger partial charge in [-0.15, -0.1) is 0 Å². The maximum atomic E-state index is 11.6. The number of carboxylic acids is 1. The molecule has 0 aliphatic rings. The van der Waals surface area contributed by atoms with E-state index in [4.69, 9.17) is 10.8 Å². The van der Waals surface area contributed by atoms with Crippen molar-refractivity contribution >= 4 is 30.4 Å². The molecule has 7 heteroatoms. The molecule has 0 heterocycles. The van der Waals surface area contributed by atoms with Crippen molar-refractivity contribution < 1.29 is 19.5 Å². The highest BCUT2D eigenvalue weighted by Gasteiger charge is 2.17. The molecule has 17 heavy (non-hydrogen) atoms. The highest BCUT2D eigenvalue weighted by Crippen LogP contribution is 2.06. The quantitative estimate of drug-likeness (QED) is 0.359. The number of Topliss-reactive ketones (excluding diaryl/α,β-unsaturated/α-hetero) is 1. The predicted octanol–water partition coefficient (Wildman–Crippen LogP) is 0.557. The summed E-state index contributed by atoms with van der Waals surface area (Å²) in [5, 5.41) is 10.7. The van der Waals surface area contributed by atoms with Crippen LogP contribution in [0.1, 0.15) is 32.1 Å². The van der Waals surface area contributed by atoms with Gasteiger partial charge in [-0.05, 0) is 12.8 Å². The van der Waals surface area contributed by atoms with Crippen LogP contribution in [0, 0.1) is 0 Å². The van der Waals surface area contributed by atoms with Crippen molar-refractivity contribution in [1.82, 2.24) is 5.32 Å². The number of carbonyl (C=O) groups excluding carboxylic acids is 2. The van der Waals surface area contributed by atoms with Crippen molar-refractivity contribution in [3.05, 3.63) is 0 Å². The van der Waals surface area contributed by atoms with Crippen molar-refractivity contribution in [3.8, 4) is 0 Å². The van der Waals surface area contributed by atoms with E-state index in [-0.39, 0.29) is 18.0 Å². The summed E-state index contributed by atoms with van der Waals surface area (Å²) in [5.74, 6) is -0.759. The molecule has 0 radical (unpaired) electrons. The van der Waals surface area contributed by atoms with Crippen LogP contribution >= 0.6 is 12.6 Å². The van der Waals surface area contributed by atoms with Crippen LogP contribution in [0.15, 0.2) is 0 Å². The molecule has 98 valence electrons. The molecule has 0 saturated heterocycles. The van der Waals surface area contributed by atoms with Gasteiger partial charge in [0, 0.05) is 18.6 Å². The zero-order valence-electron chi connectivity index (χ0n) is 9.52. The molecule has 0 aliphatic heterocycles. The number of urea groups is 1. The molecule has 0 aromatic rings. The number of primary amides is 1. The Morgan fingerprint density at radius 2 is 1.76 bits per heavy atom. The lowest BCUT2D eigenvalue weighted by molar-refractivity contribution is -0.137. The average molecular weight is 262 g/mol. The Balaban J connectivity index is 3.75. The van der Waals surface area contributed by atoms with Gasteiger partial charge in [-0.25, -0.2) is 4.79 Å². The third kappa shape index (κ3) is 8.56. The number of nitrogens with two attached hydrogens (primary N) is 1. The van der Waals surface area contributed by atoms with E-state index in [1.807, 2.05) is 0 Å². The number of aliphatic carboxylic acids is 1. The number of hydrogen-bond acceptors (Lipinski definition) is 4. The second-order valence-electron chi connectivity index (χ2n) is 3.66. The first kappa shape index (κ1) is 15.8. The first-order chi connectivity index (χ1) is 7.97. The maximum Gasteiger partial charge on any atom is 0.312 e. The Kier molecular flexibility index (Phi) is 8.21. The van der Waals surface area contributed by atoms with E-state index in [0.717, 1.165) is 0 Å². The topological polar surface area (TPSA) is 109 Å². The van der Waals surface area contributed by atoms with Crippen LogP contribution in [0.5, 0.6) is 0 Å². The van der Waals surface area contributed by atoms with Gasteiger partial charge in [0.2, 0.25) is 0 Å². The number of unbranched alkanes of at least 4 members (excludes halogenated alkanes) is 2. The summed E-state index contributed by atoms with van der Waals surface area (Å²) in [4.78, 5) is 32.4. The van der Waals surface area contributed by atoms with Gasteiger partial charge in [0.1, 0.15) is 0 Å². The lowest BCUT2D eigenvalue weighted by atomic mass is 10.1. The molecule has 0 aromatic heterocycles. The van der Waals surface area contributed by atoms with E-state index in [1.165, 1.54) is 0 Å². The van der Waals surface area contributed by atoms with Crippen LogP contribution in [-0.2, 0) is 9.59 Å². The summed E-state index contributed by atoms with van der Waals surface area (Å²) in [5.41, 5.74) is 4.91. The summed E-state index contributed by atoms with van der Waals surface area (Å²) in [7, 11) is 0. The summed E-state index contributed by atoms with van der Waals surface area (Å²) < 4.78 is 0. The van der Waals surface area contributed by atoms with Crippen molar-refractivity contribution in [1.29, 1.82) is 0 Å². The Bertz CT molecular complexity index is 283. The number of ketones is 1. The number of nitrogens with one attached hydrogen (secondary N) is 1. The van der Waals surface area contributed by atoms with Crippen molar-refractivity contribution in [2.45, 2.75) is 38.1 Å². The fourth-order valence-electron chi connectivity index (χ4n) is 1.33. The number of hydrogen-bond donors (Lipinski definition) is 4. The summed E-state index contributed by atoms with van der Waals surface area (Å²) in [6.45, 7) is 0. The molecule has 0 aliphatic carbocycles. The third-order valence-corrected chi connectivity index (χ3v) is 2.57. The minimum absolute atomic E-state index is 0.115. The predicted molar refractivity (Wildman–Crippen MR) is 66.1 cm³/mol. The molecule has 0 fully saturated rings. The molecule has 0 saturated carbocycles.